The SMILES string of the molecule is C#Cc1cc([N+](=O)[O-])cc(S(=O)(=O)N2CCc3c(C#N)cccc3C2)c1N(CCBr)CCOS(C)(=O)=O. The third-order valence-electron chi connectivity index (χ3n) is 5.72. The van der Waals surface area contributed by atoms with E-state index in [1.165, 1.54) is 9.21 Å². The second kappa shape index (κ2) is 11.6. The van der Waals surface area contributed by atoms with Crippen molar-refractivity contribution in [1.82, 2.24) is 4.31 Å². The van der Waals surface area contributed by atoms with Crippen molar-refractivity contribution in [3.8, 4) is 18.4 Å². The van der Waals surface area contributed by atoms with Crippen LogP contribution < -0.4 is 4.90 Å². The highest BCUT2D eigenvalue weighted by molar-refractivity contribution is 9.09. The maximum absolute atomic E-state index is 14.0. The zero-order chi connectivity index (χ0) is 27.4. The molecule has 11 nitrogen and oxygen atoms in total. The molecule has 0 fully saturated rings. The van der Waals surface area contributed by atoms with E-state index in [1.807, 2.05) is 0 Å². The number of terminal acetylenes is 1. The van der Waals surface area contributed by atoms with Gasteiger partial charge in [-0.15, -0.1) is 6.42 Å². The monoisotopic (exact) mass is 610 g/mol. The first kappa shape index (κ1) is 28.6. The molecule has 0 N–H and O–H groups in total. The van der Waals surface area contributed by atoms with Crippen molar-refractivity contribution in [2.45, 2.75) is 17.9 Å². The Labute approximate surface area is 224 Å². The number of hydrogen-bond acceptors (Lipinski definition) is 9. The Kier molecular flexibility index (Phi) is 8.94. The fraction of sp³-hybridized carbons (Fsp3) is 0.348. The van der Waals surface area contributed by atoms with E-state index in [4.69, 9.17) is 10.6 Å². The largest absolute Gasteiger partial charge is 0.366 e. The van der Waals surface area contributed by atoms with Gasteiger partial charge in [-0.25, -0.2) is 8.42 Å². The number of anilines is 1. The normalized spacial score (nSPS) is 13.8. The third-order valence-corrected chi connectivity index (χ3v) is 8.53. The summed E-state index contributed by atoms with van der Waals surface area (Å²) in [5, 5.41) is 21.4. The standard InChI is InChI=1S/C23H23BrN4O7S2/c1-3-17-13-20(28(29)30)14-22(23(17)26(10-8-24)11-12-35-36(2,31)32)37(33,34)27-9-7-21-18(15-25)5-4-6-19(21)16-27/h1,4-6,13-14H,7-12,16H2,2H3. The highest BCUT2D eigenvalue weighted by atomic mass is 79.9. The molecule has 14 heteroatoms. The summed E-state index contributed by atoms with van der Waals surface area (Å²) in [6.45, 7) is -0.119. The fourth-order valence-electron chi connectivity index (χ4n) is 4.10. The van der Waals surface area contributed by atoms with Gasteiger partial charge >= 0.3 is 0 Å². The van der Waals surface area contributed by atoms with Gasteiger partial charge in [-0.05, 0) is 23.6 Å². The first-order chi connectivity index (χ1) is 17.4. The number of fused-ring (bicyclic) bond motifs is 1. The van der Waals surface area contributed by atoms with E-state index in [0.717, 1.165) is 24.0 Å². The molecular weight excluding hydrogens is 588 g/mol. The van der Waals surface area contributed by atoms with E-state index in [1.54, 1.807) is 18.2 Å². The van der Waals surface area contributed by atoms with Crippen LogP contribution in [0.25, 0.3) is 0 Å². The highest BCUT2D eigenvalue weighted by Crippen LogP contribution is 2.37. The molecule has 0 saturated heterocycles. The number of rotatable bonds is 10. The van der Waals surface area contributed by atoms with Gasteiger partial charge in [-0.3, -0.25) is 14.3 Å². The summed E-state index contributed by atoms with van der Waals surface area (Å²) in [4.78, 5) is 12.1. The van der Waals surface area contributed by atoms with Gasteiger partial charge in [-0.1, -0.05) is 34.0 Å². The van der Waals surface area contributed by atoms with Crippen molar-refractivity contribution < 1.29 is 25.9 Å². The van der Waals surface area contributed by atoms with Gasteiger partial charge < -0.3 is 4.90 Å². The number of hydrogen-bond donors (Lipinski definition) is 0. The van der Waals surface area contributed by atoms with E-state index in [0.29, 0.717) is 16.5 Å². The molecule has 2 aromatic carbocycles. The molecule has 0 bridgehead atoms. The quantitative estimate of drug-likeness (QED) is 0.130. The second-order valence-electron chi connectivity index (χ2n) is 8.09. The number of benzene rings is 2. The van der Waals surface area contributed by atoms with Gasteiger partial charge in [0.2, 0.25) is 10.0 Å². The number of non-ortho nitro benzene ring substituents is 1. The zero-order valence-electron chi connectivity index (χ0n) is 19.8. The molecule has 0 aliphatic carbocycles. The molecule has 0 unspecified atom stereocenters. The molecule has 0 aromatic heterocycles. The van der Waals surface area contributed by atoms with Crippen molar-refractivity contribution >= 4 is 47.4 Å². The van der Waals surface area contributed by atoms with Crippen LogP contribution in [0.2, 0.25) is 0 Å². The molecule has 0 spiro atoms. The summed E-state index contributed by atoms with van der Waals surface area (Å²) in [6, 6.07) is 9.25. The lowest BCUT2D eigenvalue weighted by atomic mass is 9.96. The van der Waals surface area contributed by atoms with Gasteiger partial charge in [0.1, 0.15) is 4.90 Å². The van der Waals surface area contributed by atoms with E-state index in [9.17, 15) is 32.2 Å². The Morgan fingerprint density at radius 1 is 1.24 bits per heavy atom. The number of nitriles is 1. The van der Waals surface area contributed by atoms with Gasteiger partial charge in [-0.2, -0.15) is 18.0 Å². The summed E-state index contributed by atoms with van der Waals surface area (Å²) in [5.41, 5.74) is 1.41. The molecule has 0 radical (unpaired) electrons. The predicted molar refractivity (Wildman–Crippen MR) is 140 cm³/mol. The van der Waals surface area contributed by atoms with Gasteiger partial charge in [0.15, 0.2) is 0 Å². The molecule has 0 atom stereocenters. The minimum atomic E-state index is -4.33. The Balaban J connectivity index is 2.15. The highest BCUT2D eigenvalue weighted by Gasteiger charge is 2.35. The molecule has 1 heterocycles. The summed E-state index contributed by atoms with van der Waals surface area (Å²) in [7, 11) is -8.08. The Hall–Kier alpha value is -3.01. The van der Waals surface area contributed by atoms with Crippen LogP contribution in [0.3, 0.4) is 0 Å². The van der Waals surface area contributed by atoms with E-state index in [2.05, 4.69) is 27.9 Å². The van der Waals surface area contributed by atoms with Crippen molar-refractivity contribution in [2.75, 3.05) is 42.7 Å². The zero-order valence-corrected chi connectivity index (χ0v) is 23.0. The Morgan fingerprint density at radius 3 is 2.57 bits per heavy atom. The maximum Gasteiger partial charge on any atom is 0.272 e. The average molecular weight is 611 g/mol. The Morgan fingerprint density at radius 2 is 1.97 bits per heavy atom. The summed E-state index contributed by atoms with van der Waals surface area (Å²) >= 11 is 3.30. The number of nitro benzene ring substituents is 1. The third kappa shape index (κ3) is 6.47. The van der Waals surface area contributed by atoms with Gasteiger partial charge in [0.05, 0.1) is 40.7 Å². The van der Waals surface area contributed by atoms with E-state index >= 15 is 0 Å². The number of nitrogens with zero attached hydrogens (tertiary/aromatic N) is 4. The smallest absolute Gasteiger partial charge is 0.272 e. The minimum absolute atomic E-state index is 0.0303. The van der Waals surface area contributed by atoms with E-state index in [-0.39, 0.29) is 55.4 Å². The maximum atomic E-state index is 14.0. The molecule has 2 aromatic rings. The summed E-state index contributed by atoms with van der Waals surface area (Å²) < 4.78 is 56.8. The van der Waals surface area contributed by atoms with Crippen LogP contribution in [0.15, 0.2) is 35.2 Å². The molecule has 3 rings (SSSR count). The van der Waals surface area contributed by atoms with Crippen LogP contribution in [0.4, 0.5) is 11.4 Å². The lowest BCUT2D eigenvalue weighted by Gasteiger charge is -2.32. The molecule has 196 valence electrons. The first-order valence-electron chi connectivity index (χ1n) is 10.9. The number of nitro groups is 1. The van der Waals surface area contributed by atoms with Crippen LogP contribution >= 0.6 is 15.9 Å². The Bertz CT molecular complexity index is 1510. The van der Waals surface area contributed by atoms with Crippen molar-refractivity contribution in [1.29, 1.82) is 5.26 Å². The number of halogens is 1. The molecule has 0 saturated carbocycles. The lowest BCUT2D eigenvalue weighted by Crippen LogP contribution is -2.38. The van der Waals surface area contributed by atoms with Crippen LogP contribution in [-0.4, -0.2) is 63.9 Å². The van der Waals surface area contributed by atoms with Crippen LogP contribution in [-0.2, 0) is 37.3 Å². The lowest BCUT2D eigenvalue weighted by molar-refractivity contribution is -0.385. The number of alkyl halides is 1. The molecular formula is C23H23BrN4O7S2. The van der Waals surface area contributed by atoms with E-state index < -0.39 is 30.8 Å². The van der Waals surface area contributed by atoms with Crippen LogP contribution in [0.5, 0.6) is 0 Å². The van der Waals surface area contributed by atoms with Crippen molar-refractivity contribution in [3.05, 3.63) is 62.7 Å². The topological polar surface area (TPSA) is 151 Å². The van der Waals surface area contributed by atoms with Crippen LogP contribution in [0, 0.1) is 33.8 Å². The van der Waals surface area contributed by atoms with Crippen LogP contribution in [0.1, 0.15) is 22.3 Å². The molecule has 1 aliphatic rings. The summed E-state index contributed by atoms with van der Waals surface area (Å²) in [6.07, 6.45) is 6.84. The molecule has 37 heavy (non-hydrogen) atoms. The molecule has 1 aliphatic heterocycles. The summed E-state index contributed by atoms with van der Waals surface area (Å²) in [5.74, 6) is 2.34. The van der Waals surface area contributed by atoms with Crippen molar-refractivity contribution in [3.63, 3.8) is 0 Å². The fourth-order valence-corrected chi connectivity index (χ4v) is 6.58. The van der Waals surface area contributed by atoms with Gasteiger partial charge in [0, 0.05) is 43.6 Å². The first-order valence-corrected chi connectivity index (χ1v) is 15.3. The molecule has 0 amide bonds. The number of sulfonamides is 1. The second-order valence-corrected chi connectivity index (χ2v) is 12.4. The van der Waals surface area contributed by atoms with Crippen molar-refractivity contribution in [2.24, 2.45) is 0 Å². The average Bonchev–Trinajstić information content (AvgIpc) is 2.85. The van der Waals surface area contributed by atoms with Gasteiger partial charge in [0.25, 0.3) is 15.8 Å². The predicted octanol–water partition coefficient (Wildman–Crippen LogP) is 2.37. The minimum Gasteiger partial charge on any atom is -0.366 e.